The number of nitrogens with zero attached hydrogens (tertiary/aromatic N) is 1. The molecule has 0 unspecified atom stereocenters. The Kier molecular flexibility index (Phi) is 2.47. The van der Waals surface area contributed by atoms with Crippen molar-refractivity contribution in [1.29, 1.82) is 0 Å². The lowest BCUT2D eigenvalue weighted by atomic mass is 9.96. The molecule has 0 radical (unpaired) electrons. The fourth-order valence-electron chi connectivity index (χ4n) is 3.46. The van der Waals surface area contributed by atoms with Crippen molar-refractivity contribution < 1.29 is 17.5 Å². The summed E-state index contributed by atoms with van der Waals surface area (Å²) in [5.74, 6) is -3.16. The van der Waals surface area contributed by atoms with Crippen LogP contribution in [0, 0.1) is 13.8 Å². The summed E-state index contributed by atoms with van der Waals surface area (Å²) in [7, 11) is 1.87. The van der Waals surface area contributed by atoms with Crippen molar-refractivity contribution in [2.24, 2.45) is 7.05 Å². The molecule has 0 fully saturated rings. The average molecular weight is 325 g/mol. The quantitative estimate of drug-likeness (QED) is 0.559. The number of pyridine rings is 1. The van der Waals surface area contributed by atoms with Gasteiger partial charge in [0.2, 0.25) is 5.69 Å². The molecule has 0 saturated heterocycles. The highest BCUT2D eigenvalue weighted by Crippen LogP contribution is 2.52. The predicted molar refractivity (Wildman–Crippen MR) is 91.0 cm³/mol. The molecule has 120 valence electrons. The Bertz CT molecular complexity index is 1070. The first-order valence-electron chi connectivity index (χ1n) is 9.24. The second-order valence-electron chi connectivity index (χ2n) is 6.24. The minimum absolute atomic E-state index is 0.0705. The SMILES string of the molecule is [2H]C([2H])([2H])c1ccc2c(c1)-c1cc(C)c(-c3cccc[n+]3C)cc1C2(F)F. The van der Waals surface area contributed by atoms with Crippen molar-refractivity contribution in [2.75, 3.05) is 0 Å². The van der Waals surface area contributed by atoms with Crippen molar-refractivity contribution >= 4 is 0 Å². The van der Waals surface area contributed by atoms with E-state index in [9.17, 15) is 0 Å². The van der Waals surface area contributed by atoms with E-state index in [0.29, 0.717) is 11.1 Å². The number of aryl methyl sites for hydroxylation is 3. The zero-order chi connectivity index (χ0) is 19.6. The van der Waals surface area contributed by atoms with Gasteiger partial charge in [0.15, 0.2) is 6.20 Å². The van der Waals surface area contributed by atoms with Crippen molar-refractivity contribution in [2.45, 2.75) is 19.7 Å². The summed E-state index contributed by atoms with van der Waals surface area (Å²) >= 11 is 0. The third kappa shape index (κ3) is 2.01. The lowest BCUT2D eigenvalue weighted by Crippen LogP contribution is -2.30. The fourth-order valence-corrected chi connectivity index (χ4v) is 3.46. The van der Waals surface area contributed by atoms with Gasteiger partial charge in [0, 0.05) is 32.9 Å². The van der Waals surface area contributed by atoms with E-state index in [-0.39, 0.29) is 16.7 Å². The van der Waals surface area contributed by atoms with E-state index >= 15 is 8.78 Å². The van der Waals surface area contributed by atoms with Gasteiger partial charge in [-0.3, -0.25) is 0 Å². The zero-order valence-corrected chi connectivity index (χ0v) is 13.4. The zero-order valence-electron chi connectivity index (χ0n) is 16.4. The molecule has 1 aromatic heterocycles. The van der Waals surface area contributed by atoms with Crippen LogP contribution in [0.2, 0.25) is 0 Å². The molecule has 0 aliphatic heterocycles. The second kappa shape index (κ2) is 4.97. The van der Waals surface area contributed by atoms with E-state index in [2.05, 4.69) is 0 Å². The minimum Gasteiger partial charge on any atom is -0.201 e. The summed E-state index contributed by atoms with van der Waals surface area (Å²) in [6, 6.07) is 12.8. The smallest absolute Gasteiger partial charge is 0.201 e. The second-order valence-corrected chi connectivity index (χ2v) is 6.24. The van der Waals surface area contributed by atoms with Gasteiger partial charge in [-0.25, -0.2) is 4.57 Å². The van der Waals surface area contributed by atoms with Crippen LogP contribution in [0.3, 0.4) is 0 Å². The Morgan fingerprint density at radius 2 is 1.75 bits per heavy atom. The molecule has 0 atom stereocenters. The number of hydrogen-bond acceptors (Lipinski definition) is 0. The van der Waals surface area contributed by atoms with Gasteiger partial charge in [-0.1, -0.05) is 29.8 Å². The predicted octanol–water partition coefficient (Wildman–Crippen LogP) is 4.92. The average Bonchev–Trinajstić information content (AvgIpc) is 2.81. The number of halogens is 2. The van der Waals surface area contributed by atoms with E-state index in [4.69, 9.17) is 4.11 Å². The van der Waals surface area contributed by atoms with Crippen LogP contribution in [-0.4, -0.2) is 0 Å². The molecule has 3 aromatic rings. The van der Waals surface area contributed by atoms with Gasteiger partial charge in [0.1, 0.15) is 7.05 Å². The number of benzene rings is 2. The normalized spacial score (nSPS) is 16.8. The Morgan fingerprint density at radius 1 is 0.958 bits per heavy atom. The summed E-state index contributed by atoms with van der Waals surface area (Å²) in [4.78, 5) is 0. The summed E-state index contributed by atoms with van der Waals surface area (Å²) in [5, 5.41) is 0. The van der Waals surface area contributed by atoms with Gasteiger partial charge >= 0.3 is 0 Å². The molecule has 1 nitrogen and oxygen atoms in total. The van der Waals surface area contributed by atoms with Crippen LogP contribution in [-0.2, 0) is 13.0 Å². The van der Waals surface area contributed by atoms with Crippen LogP contribution < -0.4 is 4.57 Å². The molecule has 24 heavy (non-hydrogen) atoms. The fraction of sp³-hybridized carbons (Fsp3) is 0.190. The van der Waals surface area contributed by atoms with Gasteiger partial charge in [-0.2, -0.15) is 8.78 Å². The lowest BCUT2D eigenvalue weighted by molar-refractivity contribution is -0.660. The van der Waals surface area contributed by atoms with Crippen LogP contribution in [0.1, 0.15) is 26.4 Å². The first kappa shape index (κ1) is 11.9. The first-order chi connectivity index (χ1) is 12.6. The Labute approximate surface area is 144 Å². The highest BCUT2D eigenvalue weighted by atomic mass is 19.3. The lowest BCUT2D eigenvalue weighted by Gasteiger charge is -2.14. The van der Waals surface area contributed by atoms with Crippen LogP contribution in [0.4, 0.5) is 8.78 Å². The minimum atomic E-state index is -3.16. The molecule has 0 amide bonds. The topological polar surface area (TPSA) is 3.88 Å². The number of fused-ring (bicyclic) bond motifs is 3. The maximum atomic E-state index is 15.1. The summed E-state index contributed by atoms with van der Waals surface area (Å²) in [6.07, 6.45) is 1.87. The molecule has 1 aliphatic rings. The molecule has 0 N–H and O–H groups in total. The summed E-state index contributed by atoms with van der Waals surface area (Å²) in [5.41, 5.74) is 2.99. The van der Waals surface area contributed by atoms with Crippen LogP contribution in [0.5, 0.6) is 0 Å². The number of aromatic nitrogens is 1. The molecule has 4 rings (SSSR count). The van der Waals surface area contributed by atoms with Crippen molar-refractivity contribution in [1.82, 2.24) is 0 Å². The van der Waals surface area contributed by atoms with Crippen LogP contribution in [0.15, 0.2) is 54.7 Å². The van der Waals surface area contributed by atoms with E-state index in [1.165, 1.54) is 24.3 Å². The monoisotopic (exact) mass is 325 g/mol. The third-order valence-corrected chi connectivity index (χ3v) is 4.68. The van der Waals surface area contributed by atoms with Crippen LogP contribution >= 0.6 is 0 Å². The maximum absolute atomic E-state index is 15.1. The standard InChI is InChI=1S/C21H18F2N/c1-13-7-8-18-16(10-13)17-11-14(2)15(12-19(17)21(18,22)23)20-6-4-5-9-24(20)3/h4-12H,1-3H3/q+1/i1D3. The highest BCUT2D eigenvalue weighted by molar-refractivity contribution is 5.83. The van der Waals surface area contributed by atoms with Gasteiger partial charge < -0.3 is 0 Å². The molecular weight excluding hydrogens is 304 g/mol. The maximum Gasteiger partial charge on any atom is 0.299 e. The van der Waals surface area contributed by atoms with E-state index in [1.54, 1.807) is 6.07 Å². The van der Waals surface area contributed by atoms with Crippen molar-refractivity contribution in [3.8, 4) is 22.4 Å². The molecule has 0 saturated carbocycles. The summed E-state index contributed by atoms with van der Waals surface area (Å²) < 4.78 is 54.9. The van der Waals surface area contributed by atoms with Gasteiger partial charge in [0.05, 0.1) is 0 Å². The number of rotatable bonds is 1. The van der Waals surface area contributed by atoms with Gasteiger partial charge in [-0.15, -0.1) is 0 Å². The van der Waals surface area contributed by atoms with E-state index in [1.807, 2.05) is 42.9 Å². The number of alkyl halides is 2. The largest absolute Gasteiger partial charge is 0.299 e. The highest BCUT2D eigenvalue weighted by Gasteiger charge is 2.45. The Hall–Kier alpha value is -2.55. The molecule has 0 spiro atoms. The van der Waals surface area contributed by atoms with Gasteiger partial charge in [-0.05, 0) is 42.6 Å². The van der Waals surface area contributed by atoms with E-state index < -0.39 is 12.8 Å². The molecule has 0 bridgehead atoms. The third-order valence-electron chi connectivity index (χ3n) is 4.68. The molecule has 1 aliphatic carbocycles. The van der Waals surface area contributed by atoms with E-state index in [0.717, 1.165) is 16.8 Å². The first-order valence-corrected chi connectivity index (χ1v) is 7.74. The van der Waals surface area contributed by atoms with Crippen molar-refractivity contribution in [3.05, 3.63) is 77.0 Å². The van der Waals surface area contributed by atoms with Gasteiger partial charge in [0.25, 0.3) is 5.92 Å². The molecular formula is C21H18F2N+. The molecule has 1 heterocycles. The molecule has 3 heteroatoms. The Morgan fingerprint density at radius 3 is 2.50 bits per heavy atom. The molecule has 2 aromatic carbocycles. The van der Waals surface area contributed by atoms with Crippen molar-refractivity contribution in [3.63, 3.8) is 0 Å². The summed E-state index contributed by atoms with van der Waals surface area (Å²) in [6.45, 7) is -0.452. The Balaban J connectivity index is 1.97. The number of hydrogen-bond donors (Lipinski definition) is 0. The van der Waals surface area contributed by atoms with Crippen LogP contribution in [0.25, 0.3) is 22.4 Å².